The minimum atomic E-state index is -0.837. The van der Waals surface area contributed by atoms with E-state index < -0.39 is 23.0 Å². The first-order valence-electron chi connectivity index (χ1n) is 13.9. The number of rotatable bonds is 8. The van der Waals surface area contributed by atoms with E-state index in [2.05, 4.69) is 5.32 Å². The highest BCUT2D eigenvalue weighted by molar-refractivity contribution is 8.00. The van der Waals surface area contributed by atoms with Gasteiger partial charge in [0.1, 0.15) is 17.5 Å². The van der Waals surface area contributed by atoms with Crippen molar-refractivity contribution in [3.8, 4) is 17.2 Å². The Balaban J connectivity index is 1.41. The summed E-state index contributed by atoms with van der Waals surface area (Å²) in [4.78, 5) is 55.9. The Bertz CT molecular complexity index is 1810. The van der Waals surface area contributed by atoms with Crippen LogP contribution in [0.4, 0.5) is 11.4 Å². The molecule has 3 aromatic carbocycles. The lowest BCUT2D eigenvalue weighted by atomic mass is 9.83. The van der Waals surface area contributed by atoms with Gasteiger partial charge in [0.2, 0.25) is 17.7 Å². The van der Waals surface area contributed by atoms with Gasteiger partial charge in [-0.2, -0.15) is 0 Å². The van der Waals surface area contributed by atoms with Crippen LogP contribution in [-0.4, -0.2) is 46.4 Å². The fraction of sp³-hybridized carbons (Fsp3) is 0.250. The maximum absolute atomic E-state index is 14.1. The van der Waals surface area contributed by atoms with Crippen molar-refractivity contribution in [3.63, 3.8) is 0 Å². The van der Waals surface area contributed by atoms with Gasteiger partial charge in [0.15, 0.2) is 11.5 Å². The van der Waals surface area contributed by atoms with Gasteiger partial charge < -0.3 is 19.9 Å². The van der Waals surface area contributed by atoms with E-state index in [4.69, 9.17) is 9.47 Å². The van der Waals surface area contributed by atoms with E-state index >= 15 is 0 Å². The lowest BCUT2D eigenvalue weighted by Gasteiger charge is -2.31. The Labute approximate surface area is 261 Å². The maximum atomic E-state index is 14.1. The molecule has 226 valence electrons. The van der Waals surface area contributed by atoms with Crippen molar-refractivity contribution in [1.29, 1.82) is 0 Å². The summed E-state index contributed by atoms with van der Waals surface area (Å²) in [6, 6.07) is 18.8. The number of phenolic OH excluding ortho intramolecular Hbond substituents is 1. The first-order valence-corrected chi connectivity index (χ1v) is 15.6. The molecule has 0 aliphatic carbocycles. The van der Waals surface area contributed by atoms with Gasteiger partial charge in [-0.1, -0.05) is 46.9 Å². The maximum Gasteiger partial charge on any atom is 0.308 e. The van der Waals surface area contributed by atoms with Crippen LogP contribution in [0.15, 0.2) is 76.6 Å². The van der Waals surface area contributed by atoms with Crippen LogP contribution < -0.4 is 24.6 Å². The Kier molecular flexibility index (Phi) is 7.95. The number of aromatic nitrogens is 1. The summed E-state index contributed by atoms with van der Waals surface area (Å²) in [5.74, 6) is -1.88. The number of amides is 3. The third-order valence-electron chi connectivity index (χ3n) is 7.66. The fourth-order valence-electron chi connectivity index (χ4n) is 5.58. The number of ether oxygens (including phenoxy) is 2. The van der Waals surface area contributed by atoms with Gasteiger partial charge in [-0.25, -0.2) is 4.90 Å². The first-order chi connectivity index (χ1) is 21.2. The van der Waals surface area contributed by atoms with E-state index in [1.54, 1.807) is 62.6 Å². The third kappa shape index (κ3) is 5.24. The van der Waals surface area contributed by atoms with E-state index in [0.717, 1.165) is 28.7 Å². The normalized spacial score (nSPS) is 19.0. The van der Waals surface area contributed by atoms with Crippen LogP contribution in [0.5, 0.6) is 17.2 Å². The number of benzene rings is 3. The summed E-state index contributed by atoms with van der Waals surface area (Å²) in [5, 5.41) is 12.8. The van der Waals surface area contributed by atoms with E-state index in [9.17, 15) is 24.3 Å². The van der Waals surface area contributed by atoms with E-state index in [1.807, 2.05) is 19.1 Å². The zero-order chi connectivity index (χ0) is 31.1. The standard InChI is InChI=1S/C32H29N3O7S2/c1-4-42-23-15-18(7-14-22(23)36)25-26-27(30(39)35(29(26)38)20-10-5-17(2)6-11-20)43-31-28(25)44-32(40)34(31)16-24(37)33-19-8-12-21(41-3)13-9-19/h5-15,25-27,36H,4,16H2,1-3H3,(H,33,37)/t25-,26+,27-/m0/s1. The predicted octanol–water partition coefficient (Wildman–Crippen LogP) is 4.77. The van der Waals surface area contributed by atoms with Crippen molar-refractivity contribution < 1.29 is 29.0 Å². The highest BCUT2D eigenvalue weighted by Gasteiger charge is 2.57. The Morgan fingerprint density at radius 2 is 1.73 bits per heavy atom. The molecule has 0 unspecified atom stereocenters. The van der Waals surface area contributed by atoms with Gasteiger partial charge in [-0.05, 0) is 67.9 Å². The lowest BCUT2D eigenvalue weighted by Crippen LogP contribution is -2.33. The van der Waals surface area contributed by atoms with Gasteiger partial charge in [-0.3, -0.25) is 23.7 Å². The van der Waals surface area contributed by atoms with Crippen LogP contribution in [0, 0.1) is 12.8 Å². The molecule has 2 aliphatic rings. The quantitative estimate of drug-likeness (QED) is 0.267. The highest BCUT2D eigenvalue weighted by atomic mass is 32.2. The summed E-state index contributed by atoms with van der Waals surface area (Å²) in [6.45, 7) is 3.74. The number of aryl methyl sites for hydroxylation is 1. The van der Waals surface area contributed by atoms with Crippen molar-refractivity contribution >= 4 is 52.2 Å². The Morgan fingerprint density at radius 1 is 1.00 bits per heavy atom. The zero-order valence-electron chi connectivity index (χ0n) is 24.1. The molecule has 0 bridgehead atoms. The summed E-state index contributed by atoms with van der Waals surface area (Å²) >= 11 is 2.09. The van der Waals surface area contributed by atoms with Crippen LogP contribution in [0.3, 0.4) is 0 Å². The zero-order valence-corrected chi connectivity index (χ0v) is 25.7. The molecule has 0 radical (unpaired) electrons. The minimum absolute atomic E-state index is 0.0615. The van der Waals surface area contributed by atoms with Crippen molar-refractivity contribution in [2.24, 2.45) is 5.92 Å². The molecule has 1 aromatic heterocycles. The topological polar surface area (TPSA) is 127 Å². The van der Waals surface area contributed by atoms with Crippen LogP contribution in [0.25, 0.3) is 0 Å². The summed E-state index contributed by atoms with van der Waals surface area (Å²) in [5.41, 5.74) is 2.62. The number of hydrogen-bond acceptors (Lipinski definition) is 9. The number of nitrogens with zero attached hydrogens (tertiary/aromatic N) is 2. The van der Waals surface area contributed by atoms with Gasteiger partial charge in [0.05, 0.1) is 30.3 Å². The number of imide groups is 1. The van der Waals surface area contributed by atoms with Gasteiger partial charge >= 0.3 is 4.87 Å². The van der Waals surface area contributed by atoms with Crippen LogP contribution >= 0.6 is 23.1 Å². The molecule has 6 rings (SSSR count). The monoisotopic (exact) mass is 631 g/mol. The summed E-state index contributed by atoms with van der Waals surface area (Å²) in [7, 11) is 1.55. The molecule has 44 heavy (non-hydrogen) atoms. The van der Waals surface area contributed by atoms with E-state index in [1.165, 1.54) is 15.5 Å². The molecular weight excluding hydrogens is 603 g/mol. The number of phenols is 1. The van der Waals surface area contributed by atoms with Gasteiger partial charge in [0.25, 0.3) is 0 Å². The number of thiazole rings is 1. The number of methoxy groups -OCH3 is 1. The molecule has 0 spiro atoms. The molecule has 10 nitrogen and oxygen atoms in total. The average molecular weight is 632 g/mol. The van der Waals surface area contributed by atoms with Crippen molar-refractivity contribution in [2.45, 2.75) is 36.6 Å². The third-order valence-corrected chi connectivity index (χ3v) is 10.3. The Hall–Kier alpha value is -4.55. The fourth-order valence-corrected chi connectivity index (χ4v) is 8.35. The smallest absolute Gasteiger partial charge is 0.308 e. The van der Waals surface area contributed by atoms with Crippen molar-refractivity contribution in [2.75, 3.05) is 23.9 Å². The second-order valence-corrected chi connectivity index (χ2v) is 12.6. The molecule has 2 N–H and O–H groups in total. The van der Waals surface area contributed by atoms with Crippen LogP contribution in [0.1, 0.15) is 28.8 Å². The number of carbonyl (C=O) groups is 3. The van der Waals surface area contributed by atoms with E-state index in [0.29, 0.717) is 39.2 Å². The largest absolute Gasteiger partial charge is 0.504 e. The van der Waals surface area contributed by atoms with Crippen LogP contribution in [0.2, 0.25) is 0 Å². The number of aromatic hydroxyl groups is 1. The second kappa shape index (κ2) is 11.9. The number of thioether (sulfide) groups is 1. The van der Waals surface area contributed by atoms with Crippen molar-refractivity contribution in [3.05, 3.63) is 92.4 Å². The number of fused-ring (bicyclic) bond motifs is 2. The predicted molar refractivity (Wildman–Crippen MR) is 168 cm³/mol. The molecule has 2 aliphatic heterocycles. The molecular formula is C32H29N3O7S2. The van der Waals surface area contributed by atoms with Crippen molar-refractivity contribution in [1.82, 2.24) is 4.57 Å². The molecule has 1 saturated heterocycles. The summed E-state index contributed by atoms with van der Waals surface area (Å²) < 4.78 is 12.2. The number of carbonyl (C=O) groups excluding carboxylic acids is 3. The van der Waals surface area contributed by atoms with Gasteiger partial charge in [0, 0.05) is 16.5 Å². The molecule has 3 amide bonds. The molecule has 3 heterocycles. The number of hydrogen-bond donors (Lipinski definition) is 2. The first kappa shape index (κ1) is 29.5. The van der Waals surface area contributed by atoms with Crippen LogP contribution in [-0.2, 0) is 20.9 Å². The molecule has 0 saturated carbocycles. The average Bonchev–Trinajstić information content (AvgIpc) is 3.45. The molecule has 3 atom stereocenters. The lowest BCUT2D eigenvalue weighted by molar-refractivity contribution is -0.122. The highest BCUT2D eigenvalue weighted by Crippen LogP contribution is 2.54. The molecule has 1 fully saturated rings. The van der Waals surface area contributed by atoms with E-state index in [-0.39, 0.29) is 34.7 Å². The summed E-state index contributed by atoms with van der Waals surface area (Å²) in [6.07, 6.45) is 0. The number of nitrogens with one attached hydrogen (secondary N) is 1. The van der Waals surface area contributed by atoms with Gasteiger partial charge in [-0.15, -0.1) is 0 Å². The molecule has 12 heteroatoms. The Morgan fingerprint density at radius 3 is 2.41 bits per heavy atom. The molecule has 4 aromatic rings. The second-order valence-electron chi connectivity index (χ2n) is 10.4. The SMILES string of the molecule is CCOc1cc([C@@H]2c3sc(=O)n(CC(=O)Nc4ccc(OC)cc4)c3S[C@@H]3C(=O)N(c4ccc(C)cc4)C(=O)[C@H]23)ccc1O. The number of anilines is 2. The minimum Gasteiger partial charge on any atom is -0.504 e.